The Bertz CT molecular complexity index is 444. The van der Waals surface area contributed by atoms with E-state index in [0.717, 1.165) is 0 Å². The number of hydrogen-bond donors (Lipinski definition) is 4. The first-order chi connectivity index (χ1) is 9.34. The maximum Gasteiger partial charge on any atom is 0.326 e. The Morgan fingerprint density at radius 1 is 1.55 bits per heavy atom. The largest absolute Gasteiger partial charge is 0.480 e. The molecule has 1 aromatic rings. The standard InChI is InChI=1S/C12H20N4O4/c1-12(2,20-3)6-14-11(19)16-9(10(17)18)4-8-5-13-7-15-8/h5,7,9H,4,6H2,1-3H3,(H,13,15)(H,17,18)(H2,14,16,19). The van der Waals surface area contributed by atoms with Crippen LogP contribution in [-0.4, -0.2) is 52.4 Å². The maximum absolute atomic E-state index is 11.7. The molecule has 112 valence electrons. The summed E-state index contributed by atoms with van der Waals surface area (Å²) in [6.45, 7) is 3.89. The van der Waals surface area contributed by atoms with E-state index in [1.807, 2.05) is 13.8 Å². The van der Waals surface area contributed by atoms with Crippen LogP contribution in [0.15, 0.2) is 12.5 Å². The number of nitrogens with zero attached hydrogens (tertiary/aromatic N) is 1. The number of aliphatic carboxylic acids is 1. The Labute approximate surface area is 116 Å². The zero-order chi connectivity index (χ0) is 15.2. The molecular weight excluding hydrogens is 264 g/mol. The molecule has 0 radical (unpaired) electrons. The lowest BCUT2D eigenvalue weighted by molar-refractivity contribution is -0.139. The van der Waals surface area contributed by atoms with Crippen LogP contribution in [0.5, 0.6) is 0 Å². The summed E-state index contributed by atoms with van der Waals surface area (Å²) >= 11 is 0. The van der Waals surface area contributed by atoms with Crippen LogP contribution in [0.3, 0.4) is 0 Å². The normalized spacial score (nSPS) is 12.8. The van der Waals surface area contributed by atoms with Crippen LogP contribution in [-0.2, 0) is 16.0 Å². The van der Waals surface area contributed by atoms with E-state index in [9.17, 15) is 9.59 Å². The predicted octanol–water partition coefficient (Wildman–Crippen LogP) is 0.130. The van der Waals surface area contributed by atoms with E-state index in [2.05, 4.69) is 20.6 Å². The van der Waals surface area contributed by atoms with Gasteiger partial charge in [-0.15, -0.1) is 0 Å². The summed E-state index contributed by atoms with van der Waals surface area (Å²) in [6.07, 6.45) is 3.11. The molecule has 0 saturated carbocycles. The number of aromatic amines is 1. The van der Waals surface area contributed by atoms with Crippen molar-refractivity contribution in [3.05, 3.63) is 18.2 Å². The van der Waals surface area contributed by atoms with Crippen LogP contribution >= 0.6 is 0 Å². The highest BCUT2D eigenvalue weighted by molar-refractivity contribution is 5.82. The van der Waals surface area contributed by atoms with Crippen LogP contribution in [0.1, 0.15) is 19.5 Å². The number of nitrogens with one attached hydrogen (secondary N) is 3. The molecule has 1 heterocycles. The quantitative estimate of drug-likeness (QED) is 0.568. The van der Waals surface area contributed by atoms with Crippen molar-refractivity contribution in [2.45, 2.75) is 31.9 Å². The summed E-state index contributed by atoms with van der Waals surface area (Å²) in [4.78, 5) is 29.4. The Morgan fingerprint density at radius 2 is 2.25 bits per heavy atom. The Hall–Kier alpha value is -2.09. The Kier molecular flexibility index (Phi) is 5.51. The third-order valence-electron chi connectivity index (χ3n) is 2.81. The second-order valence-corrected chi connectivity index (χ2v) is 4.96. The third kappa shape index (κ3) is 5.27. The number of hydrogen-bond acceptors (Lipinski definition) is 4. The second kappa shape index (κ2) is 6.90. The van der Waals surface area contributed by atoms with Gasteiger partial charge in [0.25, 0.3) is 0 Å². The average Bonchev–Trinajstić information content (AvgIpc) is 2.88. The minimum Gasteiger partial charge on any atom is -0.480 e. The molecule has 8 nitrogen and oxygen atoms in total. The number of amides is 2. The van der Waals surface area contributed by atoms with Crippen LogP contribution in [0.4, 0.5) is 4.79 Å². The van der Waals surface area contributed by atoms with Crippen molar-refractivity contribution in [3.8, 4) is 0 Å². The van der Waals surface area contributed by atoms with Gasteiger partial charge >= 0.3 is 12.0 Å². The fourth-order valence-electron chi connectivity index (χ4n) is 1.39. The summed E-state index contributed by atoms with van der Waals surface area (Å²) in [5.74, 6) is -1.11. The van der Waals surface area contributed by atoms with Gasteiger partial charge in [0.05, 0.1) is 11.9 Å². The number of carbonyl (C=O) groups is 2. The SMILES string of the molecule is COC(C)(C)CNC(=O)NC(Cc1cnc[nH]1)C(=O)O. The first-order valence-electron chi connectivity index (χ1n) is 6.13. The maximum atomic E-state index is 11.7. The molecule has 8 heteroatoms. The van der Waals surface area contributed by atoms with E-state index >= 15 is 0 Å². The molecule has 1 atom stereocenters. The van der Waals surface area contributed by atoms with Gasteiger partial charge in [-0.2, -0.15) is 0 Å². The van der Waals surface area contributed by atoms with Crippen molar-refractivity contribution in [1.82, 2.24) is 20.6 Å². The van der Waals surface area contributed by atoms with Gasteiger partial charge in [0, 0.05) is 32.0 Å². The number of carboxylic acids is 1. The van der Waals surface area contributed by atoms with Crippen LogP contribution in [0.2, 0.25) is 0 Å². The summed E-state index contributed by atoms with van der Waals surface area (Å²) in [7, 11) is 1.54. The van der Waals surface area contributed by atoms with E-state index in [-0.39, 0.29) is 13.0 Å². The van der Waals surface area contributed by atoms with Gasteiger partial charge in [-0.3, -0.25) is 0 Å². The molecule has 1 rings (SSSR count). The van der Waals surface area contributed by atoms with Crippen molar-refractivity contribution < 1.29 is 19.4 Å². The number of carbonyl (C=O) groups excluding carboxylic acids is 1. The third-order valence-corrected chi connectivity index (χ3v) is 2.81. The first kappa shape index (κ1) is 16.0. The molecule has 20 heavy (non-hydrogen) atoms. The molecule has 0 spiro atoms. The molecule has 0 aliphatic heterocycles. The van der Waals surface area contributed by atoms with Crippen LogP contribution in [0, 0.1) is 0 Å². The number of imidazole rings is 1. The Morgan fingerprint density at radius 3 is 2.75 bits per heavy atom. The smallest absolute Gasteiger partial charge is 0.326 e. The minimum absolute atomic E-state index is 0.135. The zero-order valence-corrected chi connectivity index (χ0v) is 11.8. The number of ether oxygens (including phenoxy) is 1. The van der Waals surface area contributed by atoms with E-state index < -0.39 is 23.6 Å². The van der Waals surface area contributed by atoms with E-state index in [4.69, 9.17) is 9.84 Å². The molecule has 0 aliphatic rings. The lowest BCUT2D eigenvalue weighted by Gasteiger charge is -2.23. The molecule has 0 aromatic carbocycles. The van der Waals surface area contributed by atoms with Crippen molar-refractivity contribution in [2.24, 2.45) is 0 Å². The van der Waals surface area contributed by atoms with Gasteiger partial charge in [-0.25, -0.2) is 14.6 Å². The van der Waals surface area contributed by atoms with Gasteiger partial charge in [0.15, 0.2) is 0 Å². The van der Waals surface area contributed by atoms with Crippen LogP contribution < -0.4 is 10.6 Å². The molecule has 1 unspecified atom stereocenters. The lowest BCUT2D eigenvalue weighted by Crippen LogP contribution is -2.50. The summed E-state index contributed by atoms with van der Waals surface area (Å²) in [5.41, 5.74) is 0.120. The van der Waals surface area contributed by atoms with E-state index in [1.165, 1.54) is 19.6 Å². The number of urea groups is 1. The number of methoxy groups -OCH3 is 1. The average molecular weight is 284 g/mol. The molecule has 0 fully saturated rings. The Balaban J connectivity index is 2.49. The summed E-state index contributed by atoms with van der Waals surface area (Å²) in [5, 5.41) is 14.1. The van der Waals surface area contributed by atoms with E-state index in [1.54, 1.807) is 0 Å². The lowest BCUT2D eigenvalue weighted by atomic mass is 10.1. The highest BCUT2D eigenvalue weighted by Gasteiger charge is 2.22. The zero-order valence-electron chi connectivity index (χ0n) is 11.8. The molecule has 2 amide bonds. The molecular formula is C12H20N4O4. The van der Waals surface area contributed by atoms with Gasteiger partial charge in [-0.1, -0.05) is 0 Å². The number of rotatable bonds is 7. The number of carboxylic acid groups (broad SMARTS) is 1. The summed E-state index contributed by atoms with van der Waals surface area (Å²) in [6, 6.07) is -1.58. The number of aromatic nitrogens is 2. The van der Waals surface area contributed by atoms with E-state index in [0.29, 0.717) is 5.69 Å². The van der Waals surface area contributed by atoms with Gasteiger partial charge < -0.3 is 25.5 Å². The fourth-order valence-corrected chi connectivity index (χ4v) is 1.39. The monoisotopic (exact) mass is 284 g/mol. The van der Waals surface area contributed by atoms with Gasteiger partial charge in [0.1, 0.15) is 6.04 Å². The van der Waals surface area contributed by atoms with Crippen molar-refractivity contribution in [1.29, 1.82) is 0 Å². The van der Waals surface area contributed by atoms with Gasteiger partial charge in [-0.05, 0) is 13.8 Å². The molecule has 0 bridgehead atoms. The summed E-state index contributed by atoms with van der Waals surface area (Å²) < 4.78 is 5.15. The second-order valence-electron chi connectivity index (χ2n) is 4.96. The van der Waals surface area contributed by atoms with Crippen molar-refractivity contribution in [3.63, 3.8) is 0 Å². The fraction of sp³-hybridized carbons (Fsp3) is 0.583. The van der Waals surface area contributed by atoms with Crippen molar-refractivity contribution in [2.75, 3.05) is 13.7 Å². The molecule has 0 aliphatic carbocycles. The predicted molar refractivity (Wildman–Crippen MR) is 71.3 cm³/mol. The molecule has 1 aromatic heterocycles. The number of H-pyrrole nitrogens is 1. The molecule has 0 saturated heterocycles. The first-order valence-corrected chi connectivity index (χ1v) is 6.13. The van der Waals surface area contributed by atoms with Crippen LogP contribution in [0.25, 0.3) is 0 Å². The molecule has 4 N–H and O–H groups in total. The highest BCUT2D eigenvalue weighted by atomic mass is 16.5. The van der Waals surface area contributed by atoms with Crippen molar-refractivity contribution >= 4 is 12.0 Å². The highest BCUT2D eigenvalue weighted by Crippen LogP contribution is 2.04. The van der Waals surface area contributed by atoms with Gasteiger partial charge in [0.2, 0.25) is 0 Å². The minimum atomic E-state index is -1.11. The topological polar surface area (TPSA) is 116 Å².